The van der Waals surface area contributed by atoms with Gasteiger partial charge in [0.05, 0.1) is 6.61 Å². The molecule has 0 aliphatic carbocycles. The Labute approximate surface area is 387 Å². The van der Waals surface area contributed by atoms with Crippen LogP contribution in [0.15, 0.2) is 60.8 Å². The lowest BCUT2D eigenvalue weighted by Crippen LogP contribution is -2.60. The fraction of sp³-hybridized carbons (Fsp3) is 0.765. The zero-order chi connectivity index (χ0) is 46.9. The van der Waals surface area contributed by atoms with Gasteiger partial charge in [-0.2, -0.15) is 8.42 Å². The first kappa shape index (κ1) is 59.4. The first-order valence-corrected chi connectivity index (χ1v) is 26.5. The number of unbranched alkanes of at least 4 members (excludes halogenated alkanes) is 19. The van der Waals surface area contributed by atoms with Gasteiger partial charge in [0.1, 0.15) is 36.8 Å². The van der Waals surface area contributed by atoms with Crippen molar-refractivity contribution in [3.63, 3.8) is 0 Å². The van der Waals surface area contributed by atoms with Gasteiger partial charge in [0.15, 0.2) is 12.4 Å². The minimum absolute atomic E-state index is 0.134. The van der Waals surface area contributed by atoms with Crippen LogP contribution in [-0.4, -0.2) is 96.0 Å². The van der Waals surface area contributed by atoms with Crippen LogP contribution in [0, 0.1) is 0 Å². The molecule has 64 heavy (non-hydrogen) atoms. The monoisotopic (exact) mass is 925 g/mol. The molecule has 12 nitrogen and oxygen atoms in total. The number of aliphatic hydroxyl groups excluding tert-OH is 3. The van der Waals surface area contributed by atoms with Crippen molar-refractivity contribution in [2.75, 3.05) is 19.0 Å². The fourth-order valence-electron chi connectivity index (χ4n) is 7.25. The Balaban J connectivity index is 2.41. The third-order valence-electron chi connectivity index (χ3n) is 11.1. The maximum Gasteiger partial charge on any atom is 0.306 e. The summed E-state index contributed by atoms with van der Waals surface area (Å²) in [5.74, 6) is -2.02. The largest absolute Gasteiger partial charge is 0.462 e. The highest BCUT2D eigenvalue weighted by Gasteiger charge is 2.46. The van der Waals surface area contributed by atoms with Gasteiger partial charge in [-0.05, 0) is 77.0 Å². The summed E-state index contributed by atoms with van der Waals surface area (Å²) < 4.78 is 54.2. The predicted octanol–water partition coefficient (Wildman–Crippen LogP) is 10.9. The SMILES string of the molecule is CC/C=C\C/C=C\C/C=C\C/C=C\CCCCCCC(=O)OC(COC(=O)CCCCCCCCCCC/C=C\CCCCCCCC)COC1OC(CS(=O)(=O)O)C(O)C(O)C1O. The summed E-state index contributed by atoms with van der Waals surface area (Å²) in [6.45, 7) is 3.63. The Bertz CT molecular complexity index is 1410. The summed E-state index contributed by atoms with van der Waals surface area (Å²) in [7, 11) is -4.61. The summed E-state index contributed by atoms with van der Waals surface area (Å²) in [5, 5.41) is 30.9. The molecule has 1 saturated heterocycles. The molecule has 1 rings (SSSR count). The normalized spacial score (nSPS) is 20.1. The molecule has 0 saturated carbocycles. The number of hydrogen-bond donors (Lipinski definition) is 4. The van der Waals surface area contributed by atoms with Crippen molar-refractivity contribution in [1.29, 1.82) is 0 Å². The summed E-state index contributed by atoms with van der Waals surface area (Å²) in [5.41, 5.74) is 0. The molecule has 0 aromatic carbocycles. The van der Waals surface area contributed by atoms with Crippen LogP contribution in [0.5, 0.6) is 0 Å². The number of carbonyl (C=O) groups excluding carboxylic acids is 2. The topological polar surface area (TPSA) is 186 Å². The van der Waals surface area contributed by atoms with Crippen molar-refractivity contribution in [3.05, 3.63) is 60.8 Å². The van der Waals surface area contributed by atoms with Gasteiger partial charge in [0.2, 0.25) is 0 Å². The van der Waals surface area contributed by atoms with Crippen LogP contribution in [0.25, 0.3) is 0 Å². The Hall–Kier alpha value is -2.65. The number of carbonyl (C=O) groups is 2. The molecule has 6 unspecified atom stereocenters. The number of allylic oxidation sites excluding steroid dienone is 10. The number of rotatable bonds is 41. The van der Waals surface area contributed by atoms with Gasteiger partial charge in [0, 0.05) is 12.8 Å². The van der Waals surface area contributed by atoms with Gasteiger partial charge in [-0.25, -0.2) is 0 Å². The minimum Gasteiger partial charge on any atom is -0.462 e. The molecule has 1 aliphatic heterocycles. The molecule has 1 aliphatic rings. The molecule has 0 aromatic rings. The van der Waals surface area contributed by atoms with Crippen LogP contribution in [-0.2, 0) is 38.7 Å². The molecule has 1 fully saturated rings. The van der Waals surface area contributed by atoms with E-state index in [0.717, 1.165) is 70.6 Å². The maximum absolute atomic E-state index is 12.8. The lowest BCUT2D eigenvalue weighted by molar-refractivity contribution is -0.297. The van der Waals surface area contributed by atoms with Gasteiger partial charge in [0.25, 0.3) is 10.1 Å². The fourth-order valence-corrected chi connectivity index (χ4v) is 7.94. The average Bonchev–Trinajstić information content (AvgIpc) is 3.26. The van der Waals surface area contributed by atoms with E-state index in [9.17, 15) is 37.9 Å². The van der Waals surface area contributed by atoms with Crippen LogP contribution in [0.4, 0.5) is 0 Å². The second-order valence-corrected chi connectivity index (χ2v) is 18.6. The molecular formula is C51H88O12S. The van der Waals surface area contributed by atoms with E-state index in [0.29, 0.717) is 12.8 Å². The first-order valence-electron chi connectivity index (χ1n) is 24.8. The minimum atomic E-state index is -4.61. The molecule has 13 heteroatoms. The van der Waals surface area contributed by atoms with Crippen molar-refractivity contribution in [3.8, 4) is 0 Å². The van der Waals surface area contributed by atoms with Gasteiger partial charge in [-0.15, -0.1) is 0 Å². The molecule has 1 heterocycles. The number of ether oxygens (including phenoxy) is 4. The molecule has 0 radical (unpaired) electrons. The maximum atomic E-state index is 12.8. The average molecular weight is 925 g/mol. The molecule has 4 N–H and O–H groups in total. The van der Waals surface area contributed by atoms with E-state index < -0.39 is 71.2 Å². The number of esters is 2. The number of hydrogen-bond acceptors (Lipinski definition) is 11. The van der Waals surface area contributed by atoms with Crippen LogP contribution >= 0.6 is 0 Å². The van der Waals surface area contributed by atoms with E-state index in [2.05, 4.69) is 74.6 Å². The second kappa shape index (κ2) is 40.6. The second-order valence-electron chi connectivity index (χ2n) is 17.1. The highest BCUT2D eigenvalue weighted by Crippen LogP contribution is 2.24. The highest BCUT2D eigenvalue weighted by molar-refractivity contribution is 7.85. The van der Waals surface area contributed by atoms with Crippen molar-refractivity contribution in [1.82, 2.24) is 0 Å². The predicted molar refractivity (Wildman–Crippen MR) is 256 cm³/mol. The van der Waals surface area contributed by atoms with E-state index in [1.54, 1.807) is 0 Å². The van der Waals surface area contributed by atoms with Crippen molar-refractivity contribution in [2.45, 2.75) is 230 Å². The van der Waals surface area contributed by atoms with Gasteiger partial charge < -0.3 is 34.3 Å². The number of aliphatic hydroxyl groups is 3. The van der Waals surface area contributed by atoms with Gasteiger partial charge in [-0.1, -0.05) is 164 Å². The zero-order valence-corrected chi connectivity index (χ0v) is 40.4. The van der Waals surface area contributed by atoms with Crippen molar-refractivity contribution in [2.24, 2.45) is 0 Å². The van der Waals surface area contributed by atoms with E-state index in [1.165, 1.54) is 83.5 Å². The molecule has 0 spiro atoms. The van der Waals surface area contributed by atoms with Crippen molar-refractivity contribution >= 4 is 22.1 Å². The molecule has 6 atom stereocenters. The standard InChI is InChI=1S/C51H88O12S/c1-3-5-7-9-11-13-15-17-19-21-22-24-25-27-29-31-33-35-37-39-46(52)60-41-44(42-61-51-50(56)49(55)48(54)45(63-51)43-64(57,58)59)62-47(53)40-38-36-34-32-30-28-26-23-20-18-16-14-12-10-8-6-4-2/h6,8,12,14,17-20,26,28,44-45,48-51,54-56H,3-5,7,9-11,13,15-16,21-25,27,29-43H2,1-2H3,(H,57,58,59)/b8-6-,14-12-,19-17-,20-18-,28-26-. The molecule has 0 aromatic heterocycles. The van der Waals surface area contributed by atoms with Crippen LogP contribution in [0.1, 0.15) is 194 Å². The van der Waals surface area contributed by atoms with Crippen LogP contribution < -0.4 is 0 Å². The smallest absolute Gasteiger partial charge is 0.306 e. The Morgan fingerprint density at radius 3 is 1.48 bits per heavy atom. The summed E-state index contributed by atoms with van der Waals surface area (Å²) in [4.78, 5) is 25.5. The van der Waals surface area contributed by atoms with E-state index in [-0.39, 0.29) is 19.4 Å². The molecule has 370 valence electrons. The Kier molecular flexibility index (Phi) is 37.7. The highest BCUT2D eigenvalue weighted by atomic mass is 32.2. The Morgan fingerprint density at radius 2 is 0.984 bits per heavy atom. The molecule has 0 amide bonds. The van der Waals surface area contributed by atoms with E-state index in [1.807, 2.05) is 0 Å². The van der Waals surface area contributed by atoms with Gasteiger partial charge in [-0.3, -0.25) is 14.1 Å². The quantitative estimate of drug-likeness (QED) is 0.0197. The lowest BCUT2D eigenvalue weighted by atomic mass is 10.00. The van der Waals surface area contributed by atoms with Crippen LogP contribution in [0.3, 0.4) is 0 Å². The van der Waals surface area contributed by atoms with Gasteiger partial charge >= 0.3 is 11.9 Å². The van der Waals surface area contributed by atoms with E-state index in [4.69, 9.17) is 18.9 Å². The summed E-state index contributed by atoms with van der Waals surface area (Å²) >= 11 is 0. The zero-order valence-electron chi connectivity index (χ0n) is 39.6. The third-order valence-corrected chi connectivity index (χ3v) is 11.8. The lowest BCUT2D eigenvalue weighted by Gasteiger charge is -2.40. The first-order chi connectivity index (χ1) is 31.0. The molecule has 0 bridgehead atoms. The molecular weight excluding hydrogens is 837 g/mol. The summed E-state index contributed by atoms with van der Waals surface area (Å²) in [6, 6.07) is 0. The summed E-state index contributed by atoms with van der Waals surface area (Å²) in [6.07, 6.45) is 41.1. The Morgan fingerprint density at radius 1 is 0.547 bits per heavy atom. The van der Waals surface area contributed by atoms with Crippen molar-refractivity contribution < 1.29 is 56.8 Å². The third kappa shape index (κ3) is 34.7. The van der Waals surface area contributed by atoms with E-state index >= 15 is 0 Å². The van der Waals surface area contributed by atoms with Crippen LogP contribution in [0.2, 0.25) is 0 Å².